The van der Waals surface area contributed by atoms with Crippen molar-refractivity contribution in [3.05, 3.63) is 23.0 Å². The number of hydrogen-bond donors (Lipinski definition) is 1. The maximum absolute atomic E-state index is 3.61. The lowest BCUT2D eigenvalue weighted by atomic mass is 10.2. The molecule has 98 valence electrons. The molecule has 1 unspecified atom stereocenters. The number of nitrogens with one attached hydrogen (secondary N) is 1. The lowest BCUT2D eigenvalue weighted by Gasteiger charge is -2.13. The molecular weight excluding hydrogens is 228 g/mol. The van der Waals surface area contributed by atoms with Gasteiger partial charge in [0.1, 0.15) is 0 Å². The summed E-state index contributed by atoms with van der Waals surface area (Å²) in [5, 5.41) is 3.61. The minimum absolute atomic E-state index is 0.604. The third-order valence-corrected chi connectivity index (χ3v) is 4.03. The van der Waals surface area contributed by atoms with Crippen molar-refractivity contribution in [1.29, 1.82) is 0 Å². The molecule has 17 heavy (non-hydrogen) atoms. The molecular formula is C14H26N2S. The standard InChI is InChI=1S/C14H26N2S/c1-6-16-12(3)9-14(13(16)4)10-15-11(2)7-8-17-5/h9,11,15H,6-8,10H2,1-5H3. The van der Waals surface area contributed by atoms with Gasteiger partial charge in [0, 0.05) is 30.5 Å². The first-order valence-electron chi connectivity index (χ1n) is 6.48. The molecule has 0 aromatic carbocycles. The fourth-order valence-corrected chi connectivity index (χ4v) is 2.81. The van der Waals surface area contributed by atoms with E-state index in [-0.39, 0.29) is 0 Å². The first-order chi connectivity index (χ1) is 8.10. The van der Waals surface area contributed by atoms with Gasteiger partial charge in [-0.3, -0.25) is 0 Å². The molecule has 0 fully saturated rings. The van der Waals surface area contributed by atoms with Crippen molar-refractivity contribution in [3.8, 4) is 0 Å². The molecule has 1 aromatic heterocycles. The van der Waals surface area contributed by atoms with E-state index < -0.39 is 0 Å². The van der Waals surface area contributed by atoms with Crippen molar-refractivity contribution >= 4 is 11.8 Å². The second kappa shape index (κ2) is 7.12. The van der Waals surface area contributed by atoms with Gasteiger partial charge in [-0.05, 0) is 57.8 Å². The fraction of sp³-hybridized carbons (Fsp3) is 0.714. The monoisotopic (exact) mass is 254 g/mol. The average Bonchev–Trinajstić information content (AvgIpc) is 2.58. The van der Waals surface area contributed by atoms with E-state index in [1.165, 1.54) is 29.1 Å². The second-order valence-electron chi connectivity index (χ2n) is 4.70. The van der Waals surface area contributed by atoms with Crippen molar-refractivity contribution < 1.29 is 0 Å². The highest BCUT2D eigenvalue weighted by Crippen LogP contribution is 2.15. The van der Waals surface area contributed by atoms with Gasteiger partial charge in [-0.2, -0.15) is 11.8 Å². The van der Waals surface area contributed by atoms with E-state index >= 15 is 0 Å². The molecule has 1 heterocycles. The van der Waals surface area contributed by atoms with Crippen molar-refractivity contribution in [1.82, 2.24) is 9.88 Å². The minimum Gasteiger partial charge on any atom is -0.349 e. The Hall–Kier alpha value is -0.410. The molecule has 1 atom stereocenters. The fourth-order valence-electron chi connectivity index (χ4n) is 2.22. The Morgan fingerprint density at radius 3 is 2.65 bits per heavy atom. The van der Waals surface area contributed by atoms with Crippen LogP contribution in [0.25, 0.3) is 0 Å². The molecule has 0 radical (unpaired) electrons. The molecule has 0 bridgehead atoms. The van der Waals surface area contributed by atoms with Crippen LogP contribution in [0.1, 0.15) is 37.2 Å². The third kappa shape index (κ3) is 4.07. The summed E-state index contributed by atoms with van der Waals surface area (Å²) < 4.78 is 2.38. The van der Waals surface area contributed by atoms with Crippen molar-refractivity contribution in [3.63, 3.8) is 0 Å². The molecule has 0 saturated carbocycles. The number of nitrogens with zero attached hydrogens (tertiary/aromatic N) is 1. The van der Waals surface area contributed by atoms with Gasteiger partial charge in [-0.15, -0.1) is 0 Å². The molecule has 3 heteroatoms. The van der Waals surface area contributed by atoms with Gasteiger partial charge in [0.2, 0.25) is 0 Å². The zero-order chi connectivity index (χ0) is 12.8. The van der Waals surface area contributed by atoms with E-state index in [1.54, 1.807) is 0 Å². The number of aryl methyl sites for hydroxylation is 1. The summed E-state index contributed by atoms with van der Waals surface area (Å²) in [6, 6.07) is 2.92. The summed E-state index contributed by atoms with van der Waals surface area (Å²) in [5.74, 6) is 1.24. The highest BCUT2D eigenvalue weighted by molar-refractivity contribution is 7.98. The van der Waals surface area contributed by atoms with E-state index in [2.05, 4.69) is 49.9 Å². The normalized spacial score (nSPS) is 13.0. The zero-order valence-corrected chi connectivity index (χ0v) is 12.7. The second-order valence-corrected chi connectivity index (χ2v) is 5.69. The SMILES string of the molecule is CCn1c(C)cc(CNC(C)CCSC)c1C. The first-order valence-corrected chi connectivity index (χ1v) is 7.87. The molecule has 0 spiro atoms. The predicted molar refractivity (Wildman–Crippen MR) is 78.9 cm³/mol. The smallest absolute Gasteiger partial charge is 0.0225 e. The maximum atomic E-state index is 3.61. The number of thioether (sulfide) groups is 1. The largest absolute Gasteiger partial charge is 0.349 e. The summed E-state index contributed by atoms with van der Waals surface area (Å²) in [6.07, 6.45) is 3.41. The van der Waals surface area contributed by atoms with Crippen molar-refractivity contribution in [2.45, 2.75) is 53.2 Å². The Morgan fingerprint density at radius 2 is 2.12 bits per heavy atom. The topological polar surface area (TPSA) is 17.0 Å². The molecule has 2 nitrogen and oxygen atoms in total. The Kier molecular flexibility index (Phi) is 6.14. The van der Waals surface area contributed by atoms with Gasteiger partial charge in [0.15, 0.2) is 0 Å². The van der Waals surface area contributed by atoms with Gasteiger partial charge < -0.3 is 9.88 Å². The van der Waals surface area contributed by atoms with Crippen molar-refractivity contribution in [2.24, 2.45) is 0 Å². The van der Waals surface area contributed by atoms with E-state index in [9.17, 15) is 0 Å². The van der Waals surface area contributed by atoms with Crippen LogP contribution < -0.4 is 5.32 Å². The van der Waals surface area contributed by atoms with Gasteiger partial charge in [-0.25, -0.2) is 0 Å². The molecule has 1 rings (SSSR count). The summed E-state index contributed by atoms with van der Waals surface area (Å²) in [4.78, 5) is 0. The van der Waals surface area contributed by atoms with Crippen LogP contribution >= 0.6 is 11.8 Å². The van der Waals surface area contributed by atoms with Crippen LogP contribution in [0, 0.1) is 13.8 Å². The summed E-state index contributed by atoms with van der Waals surface area (Å²) in [5.41, 5.74) is 4.23. The molecule has 0 aliphatic carbocycles. The van der Waals surface area contributed by atoms with Crippen LogP contribution in [0.2, 0.25) is 0 Å². The van der Waals surface area contributed by atoms with Crippen molar-refractivity contribution in [2.75, 3.05) is 12.0 Å². The van der Waals surface area contributed by atoms with Gasteiger partial charge in [0.25, 0.3) is 0 Å². The Morgan fingerprint density at radius 1 is 1.41 bits per heavy atom. The predicted octanol–water partition coefficient (Wildman–Crippen LogP) is 3.36. The van der Waals surface area contributed by atoms with Crippen LogP contribution in [0.4, 0.5) is 0 Å². The highest BCUT2D eigenvalue weighted by atomic mass is 32.2. The van der Waals surface area contributed by atoms with Crippen LogP contribution in [0.3, 0.4) is 0 Å². The summed E-state index contributed by atoms with van der Waals surface area (Å²) in [7, 11) is 0. The van der Waals surface area contributed by atoms with E-state index in [4.69, 9.17) is 0 Å². The number of aromatic nitrogens is 1. The Balaban J connectivity index is 2.52. The number of hydrogen-bond acceptors (Lipinski definition) is 2. The molecule has 0 aliphatic rings. The van der Waals surface area contributed by atoms with Gasteiger partial charge in [0.05, 0.1) is 0 Å². The lowest BCUT2D eigenvalue weighted by Crippen LogP contribution is -2.26. The number of rotatable bonds is 7. The molecule has 0 saturated heterocycles. The van der Waals surface area contributed by atoms with Crippen LogP contribution in [0.15, 0.2) is 6.07 Å². The van der Waals surface area contributed by atoms with E-state index in [0.29, 0.717) is 6.04 Å². The maximum Gasteiger partial charge on any atom is 0.0225 e. The minimum atomic E-state index is 0.604. The first kappa shape index (κ1) is 14.7. The molecule has 0 amide bonds. The van der Waals surface area contributed by atoms with Gasteiger partial charge in [-0.1, -0.05) is 0 Å². The van der Waals surface area contributed by atoms with Crippen LogP contribution in [0.5, 0.6) is 0 Å². The van der Waals surface area contributed by atoms with E-state index in [0.717, 1.165) is 13.1 Å². The van der Waals surface area contributed by atoms with Gasteiger partial charge >= 0.3 is 0 Å². The van der Waals surface area contributed by atoms with Crippen LogP contribution in [-0.2, 0) is 13.1 Å². The molecule has 0 aliphatic heterocycles. The molecule has 1 N–H and O–H groups in total. The zero-order valence-electron chi connectivity index (χ0n) is 11.8. The Bertz CT molecular complexity index is 344. The average molecular weight is 254 g/mol. The third-order valence-electron chi connectivity index (χ3n) is 3.39. The quantitative estimate of drug-likeness (QED) is 0.803. The molecule has 1 aromatic rings. The van der Waals surface area contributed by atoms with Crippen LogP contribution in [-0.4, -0.2) is 22.6 Å². The lowest BCUT2D eigenvalue weighted by molar-refractivity contribution is 0.535. The Labute approximate surface area is 110 Å². The summed E-state index contributed by atoms with van der Waals surface area (Å²) >= 11 is 1.92. The highest BCUT2D eigenvalue weighted by Gasteiger charge is 2.08. The van der Waals surface area contributed by atoms with E-state index in [1.807, 2.05) is 11.8 Å². The summed E-state index contributed by atoms with van der Waals surface area (Å²) in [6.45, 7) is 11.0.